The van der Waals surface area contributed by atoms with Crippen LogP contribution >= 0.6 is 0 Å². The van der Waals surface area contributed by atoms with Gasteiger partial charge in [-0.05, 0) is 31.6 Å². The van der Waals surface area contributed by atoms with Crippen LogP contribution in [0, 0.1) is 5.92 Å². The van der Waals surface area contributed by atoms with E-state index in [0.29, 0.717) is 32.2 Å². The third-order valence-corrected chi connectivity index (χ3v) is 5.68. The highest BCUT2D eigenvalue weighted by Crippen LogP contribution is 2.22. The third-order valence-electron chi connectivity index (χ3n) is 5.68. The van der Waals surface area contributed by atoms with E-state index in [2.05, 4.69) is 5.32 Å². The van der Waals surface area contributed by atoms with Crippen LogP contribution < -0.4 is 16.8 Å². The predicted octanol–water partition coefficient (Wildman–Crippen LogP) is -1.60. The van der Waals surface area contributed by atoms with Gasteiger partial charge in [-0.15, -0.1) is 0 Å². The predicted molar refractivity (Wildman–Crippen MR) is 106 cm³/mol. The fourth-order valence-electron chi connectivity index (χ4n) is 3.94. The maximum atomic E-state index is 12.9. The minimum absolute atomic E-state index is 0.103. The summed E-state index contributed by atoms with van der Waals surface area (Å²) >= 11 is 0. The summed E-state index contributed by atoms with van der Waals surface area (Å²) in [5.74, 6) is -3.63. The van der Waals surface area contributed by atoms with E-state index in [-0.39, 0.29) is 18.4 Å². The minimum atomic E-state index is -1.29. The average Bonchev–Trinajstić information content (AvgIpc) is 3.34. The summed E-state index contributed by atoms with van der Waals surface area (Å²) in [7, 11) is 0. The number of nitrogens with one attached hydrogen (secondary N) is 1. The Kier molecular flexibility index (Phi) is 7.77. The number of carbonyl (C=O) groups is 5. The fourth-order valence-corrected chi connectivity index (χ4v) is 3.94. The molecule has 0 aromatic rings. The van der Waals surface area contributed by atoms with Gasteiger partial charge in [0.2, 0.25) is 23.6 Å². The van der Waals surface area contributed by atoms with Crippen molar-refractivity contribution in [3.8, 4) is 0 Å². The third kappa shape index (κ3) is 5.26. The van der Waals surface area contributed by atoms with Crippen LogP contribution in [0.1, 0.15) is 46.0 Å². The quantitative estimate of drug-likeness (QED) is 0.362. The number of nitrogens with two attached hydrogens (primary N) is 2. The topological polar surface area (TPSA) is 176 Å². The lowest BCUT2D eigenvalue weighted by Crippen LogP contribution is -2.57. The Hall–Kier alpha value is -2.69. The first-order chi connectivity index (χ1) is 14.0. The number of hydrogen-bond donors (Lipinski definition) is 4. The van der Waals surface area contributed by atoms with E-state index in [0.717, 1.165) is 4.90 Å². The highest BCUT2D eigenvalue weighted by atomic mass is 16.4. The summed E-state index contributed by atoms with van der Waals surface area (Å²) < 4.78 is 0. The molecular weight excluding hydrogens is 394 g/mol. The van der Waals surface area contributed by atoms with Crippen LogP contribution in [0.4, 0.5) is 0 Å². The number of hydrogen-bond acceptors (Lipinski definition) is 6. The Morgan fingerprint density at radius 3 is 2.03 bits per heavy atom. The zero-order chi connectivity index (χ0) is 22.6. The molecule has 0 bridgehead atoms. The number of carboxylic acids is 1. The van der Waals surface area contributed by atoms with Crippen molar-refractivity contribution in [3.05, 3.63) is 0 Å². The lowest BCUT2D eigenvalue weighted by Gasteiger charge is -2.30. The van der Waals surface area contributed by atoms with E-state index in [9.17, 15) is 29.1 Å². The molecule has 4 unspecified atom stereocenters. The molecule has 0 saturated carbocycles. The number of carboxylic acid groups (broad SMARTS) is 1. The van der Waals surface area contributed by atoms with E-state index < -0.39 is 54.3 Å². The van der Waals surface area contributed by atoms with Crippen LogP contribution in [-0.4, -0.2) is 81.8 Å². The van der Waals surface area contributed by atoms with E-state index in [4.69, 9.17) is 11.5 Å². The van der Waals surface area contributed by atoms with Crippen molar-refractivity contribution in [3.63, 3.8) is 0 Å². The van der Waals surface area contributed by atoms with Crippen LogP contribution in [0.5, 0.6) is 0 Å². The van der Waals surface area contributed by atoms with Gasteiger partial charge in [-0.25, -0.2) is 4.79 Å². The van der Waals surface area contributed by atoms with Crippen LogP contribution in [0.3, 0.4) is 0 Å². The van der Waals surface area contributed by atoms with Crippen molar-refractivity contribution < 1.29 is 29.1 Å². The first-order valence-electron chi connectivity index (χ1n) is 10.2. The molecule has 2 aliphatic rings. The van der Waals surface area contributed by atoms with Gasteiger partial charge in [0.25, 0.3) is 0 Å². The van der Waals surface area contributed by atoms with Crippen LogP contribution in [-0.2, 0) is 24.0 Å². The molecule has 2 saturated heterocycles. The minimum Gasteiger partial charge on any atom is -0.480 e. The molecule has 0 aliphatic carbocycles. The molecule has 0 radical (unpaired) electrons. The van der Waals surface area contributed by atoms with Gasteiger partial charge in [0, 0.05) is 13.1 Å². The van der Waals surface area contributed by atoms with Crippen molar-refractivity contribution in [1.29, 1.82) is 0 Å². The van der Waals surface area contributed by atoms with Gasteiger partial charge in [-0.2, -0.15) is 0 Å². The fraction of sp³-hybridized carbons (Fsp3) is 0.737. The number of nitrogens with zero attached hydrogens (tertiary/aromatic N) is 2. The SMILES string of the molecule is CC(C)C(N)C(=O)N1CCCC1C(=O)NC(CC(N)=O)C(=O)N1CCCC1C(=O)O. The molecule has 2 rings (SSSR count). The smallest absolute Gasteiger partial charge is 0.326 e. The first kappa shape index (κ1) is 23.6. The summed E-state index contributed by atoms with van der Waals surface area (Å²) in [5, 5.41) is 11.8. The molecule has 11 nitrogen and oxygen atoms in total. The van der Waals surface area contributed by atoms with E-state index in [1.807, 2.05) is 13.8 Å². The Morgan fingerprint density at radius 2 is 1.53 bits per heavy atom. The molecule has 168 valence electrons. The second-order valence-corrected chi connectivity index (χ2v) is 8.22. The molecule has 6 N–H and O–H groups in total. The maximum Gasteiger partial charge on any atom is 0.326 e. The molecule has 2 fully saturated rings. The normalized spacial score (nSPS) is 23.3. The summed E-state index contributed by atoms with van der Waals surface area (Å²) in [6.45, 7) is 4.21. The Bertz CT molecular complexity index is 712. The van der Waals surface area contributed by atoms with Crippen molar-refractivity contribution in [2.45, 2.75) is 70.1 Å². The molecule has 4 amide bonds. The number of amides is 4. The van der Waals surface area contributed by atoms with Gasteiger partial charge < -0.3 is 31.7 Å². The average molecular weight is 425 g/mol. The lowest BCUT2D eigenvalue weighted by atomic mass is 10.0. The van der Waals surface area contributed by atoms with Gasteiger partial charge in [-0.1, -0.05) is 13.8 Å². The highest BCUT2D eigenvalue weighted by molar-refractivity contribution is 5.96. The molecule has 2 heterocycles. The molecule has 0 aromatic heterocycles. The number of likely N-dealkylation sites (tertiary alicyclic amines) is 2. The standard InChI is InChI=1S/C19H31N5O6/c1-10(2)15(21)18(28)23-7-3-5-12(23)16(26)22-11(9-14(20)25)17(27)24-8-4-6-13(24)19(29)30/h10-13,15H,3-9,21H2,1-2H3,(H2,20,25)(H,22,26)(H,29,30). The number of carbonyl (C=O) groups excluding carboxylic acids is 4. The highest BCUT2D eigenvalue weighted by Gasteiger charge is 2.41. The molecule has 2 aliphatic heterocycles. The second kappa shape index (κ2) is 9.88. The summed E-state index contributed by atoms with van der Waals surface area (Å²) in [6.07, 6.45) is 1.37. The Morgan fingerprint density at radius 1 is 1.00 bits per heavy atom. The van der Waals surface area contributed by atoms with Gasteiger partial charge in [-0.3, -0.25) is 19.2 Å². The van der Waals surface area contributed by atoms with Crippen LogP contribution in [0.2, 0.25) is 0 Å². The van der Waals surface area contributed by atoms with Gasteiger partial charge in [0.05, 0.1) is 12.5 Å². The summed E-state index contributed by atoms with van der Waals surface area (Å²) in [5.41, 5.74) is 11.2. The first-order valence-corrected chi connectivity index (χ1v) is 10.2. The van der Waals surface area contributed by atoms with Crippen LogP contribution in [0.25, 0.3) is 0 Å². The molecule has 11 heteroatoms. The molecular formula is C19H31N5O6. The zero-order valence-electron chi connectivity index (χ0n) is 17.4. The van der Waals surface area contributed by atoms with E-state index >= 15 is 0 Å². The zero-order valence-corrected chi connectivity index (χ0v) is 17.4. The van der Waals surface area contributed by atoms with Gasteiger partial charge in [0.1, 0.15) is 18.1 Å². The number of aliphatic carboxylic acids is 1. The van der Waals surface area contributed by atoms with Crippen molar-refractivity contribution in [2.24, 2.45) is 17.4 Å². The largest absolute Gasteiger partial charge is 0.480 e. The van der Waals surface area contributed by atoms with Crippen LogP contribution in [0.15, 0.2) is 0 Å². The number of rotatable bonds is 8. The molecule has 30 heavy (non-hydrogen) atoms. The van der Waals surface area contributed by atoms with Crippen molar-refractivity contribution in [1.82, 2.24) is 15.1 Å². The Labute approximate surface area is 175 Å². The second-order valence-electron chi connectivity index (χ2n) is 8.22. The van der Waals surface area contributed by atoms with Crippen molar-refractivity contribution in [2.75, 3.05) is 13.1 Å². The maximum absolute atomic E-state index is 12.9. The lowest BCUT2D eigenvalue weighted by molar-refractivity contribution is -0.150. The van der Waals surface area contributed by atoms with Gasteiger partial charge >= 0.3 is 5.97 Å². The van der Waals surface area contributed by atoms with Crippen molar-refractivity contribution >= 4 is 29.6 Å². The Balaban J connectivity index is 2.14. The molecule has 4 atom stereocenters. The molecule has 0 spiro atoms. The van der Waals surface area contributed by atoms with E-state index in [1.165, 1.54) is 4.90 Å². The van der Waals surface area contributed by atoms with E-state index in [1.54, 1.807) is 0 Å². The number of primary amides is 1. The summed E-state index contributed by atoms with van der Waals surface area (Å²) in [4.78, 5) is 63.9. The van der Waals surface area contributed by atoms with Gasteiger partial charge in [0.15, 0.2) is 0 Å². The summed E-state index contributed by atoms with van der Waals surface area (Å²) in [6, 6.07) is -3.84. The molecule has 0 aromatic carbocycles. The monoisotopic (exact) mass is 425 g/mol.